The summed E-state index contributed by atoms with van der Waals surface area (Å²) in [6.07, 6.45) is 0.959. The van der Waals surface area contributed by atoms with E-state index >= 15 is 0 Å². The Labute approximate surface area is 113 Å². The van der Waals surface area contributed by atoms with Crippen molar-refractivity contribution >= 4 is 16.8 Å². The summed E-state index contributed by atoms with van der Waals surface area (Å²) in [7, 11) is 0. The van der Waals surface area contributed by atoms with Crippen LogP contribution in [0.4, 0.5) is 0 Å². The molecule has 100 valence electrons. The number of aromatic nitrogens is 1. The first-order valence-corrected chi connectivity index (χ1v) is 6.66. The van der Waals surface area contributed by atoms with Gasteiger partial charge in [0.2, 0.25) is 5.91 Å². The molecule has 0 bridgehead atoms. The summed E-state index contributed by atoms with van der Waals surface area (Å²) in [5, 5.41) is 1.19. The highest BCUT2D eigenvalue weighted by Crippen LogP contribution is 2.26. The first-order valence-electron chi connectivity index (χ1n) is 6.66. The van der Waals surface area contributed by atoms with Gasteiger partial charge < -0.3 is 5.73 Å². The van der Waals surface area contributed by atoms with Crippen LogP contribution in [0.3, 0.4) is 0 Å². The minimum Gasteiger partial charge on any atom is -0.370 e. The maximum atomic E-state index is 10.9. The minimum atomic E-state index is -0.281. The fourth-order valence-electron chi connectivity index (χ4n) is 2.35. The fraction of sp³-hybridized carbons (Fsp3) is 0.375. The van der Waals surface area contributed by atoms with Crippen LogP contribution >= 0.6 is 0 Å². The molecule has 1 amide bonds. The predicted molar refractivity (Wildman–Crippen MR) is 78.1 cm³/mol. The van der Waals surface area contributed by atoms with Crippen LogP contribution in [0.5, 0.6) is 0 Å². The lowest BCUT2D eigenvalue weighted by Crippen LogP contribution is -2.11. The lowest BCUT2D eigenvalue weighted by molar-refractivity contribution is -0.118. The zero-order valence-corrected chi connectivity index (χ0v) is 11.7. The Kier molecular flexibility index (Phi) is 3.84. The topological polar surface area (TPSA) is 56.0 Å². The summed E-state index contributed by atoms with van der Waals surface area (Å²) in [5.41, 5.74) is 9.65. The highest BCUT2D eigenvalue weighted by Gasteiger charge is 2.10. The molecular formula is C16H20N2O. The fourth-order valence-corrected chi connectivity index (χ4v) is 2.35. The van der Waals surface area contributed by atoms with Gasteiger partial charge >= 0.3 is 0 Å². The minimum absolute atomic E-state index is 0.281. The average molecular weight is 256 g/mol. The van der Waals surface area contributed by atoms with E-state index in [0.717, 1.165) is 11.2 Å². The van der Waals surface area contributed by atoms with E-state index in [2.05, 4.69) is 45.0 Å². The van der Waals surface area contributed by atoms with E-state index in [1.54, 1.807) is 0 Å². The number of fused-ring (bicyclic) bond motifs is 1. The lowest BCUT2D eigenvalue weighted by Gasteiger charge is -2.12. The Morgan fingerprint density at radius 2 is 2.11 bits per heavy atom. The Bertz CT molecular complexity index is 617. The summed E-state index contributed by atoms with van der Waals surface area (Å²) in [5.74, 6) is 0.152. The van der Waals surface area contributed by atoms with E-state index in [0.29, 0.717) is 18.8 Å². The second-order valence-electron chi connectivity index (χ2n) is 5.29. The number of rotatable bonds is 4. The van der Waals surface area contributed by atoms with Gasteiger partial charge in [0.1, 0.15) is 0 Å². The second-order valence-corrected chi connectivity index (χ2v) is 5.29. The molecule has 3 heteroatoms. The van der Waals surface area contributed by atoms with Gasteiger partial charge in [-0.3, -0.25) is 9.78 Å². The van der Waals surface area contributed by atoms with Gasteiger partial charge in [-0.25, -0.2) is 0 Å². The van der Waals surface area contributed by atoms with E-state index in [-0.39, 0.29) is 5.91 Å². The maximum Gasteiger partial charge on any atom is 0.217 e. The zero-order chi connectivity index (χ0) is 14.0. The van der Waals surface area contributed by atoms with Gasteiger partial charge in [-0.1, -0.05) is 32.0 Å². The smallest absolute Gasteiger partial charge is 0.217 e. The Morgan fingerprint density at radius 1 is 1.37 bits per heavy atom. The largest absolute Gasteiger partial charge is 0.370 e. The van der Waals surface area contributed by atoms with Gasteiger partial charge in [-0.2, -0.15) is 0 Å². The van der Waals surface area contributed by atoms with Crippen molar-refractivity contribution in [1.82, 2.24) is 4.98 Å². The van der Waals surface area contributed by atoms with Crippen LogP contribution in [-0.2, 0) is 11.2 Å². The molecule has 0 unspecified atom stereocenters. The number of primary amides is 1. The van der Waals surface area contributed by atoms with Gasteiger partial charge in [0, 0.05) is 17.5 Å². The lowest BCUT2D eigenvalue weighted by atomic mass is 9.97. The molecule has 0 atom stereocenters. The van der Waals surface area contributed by atoms with E-state index in [4.69, 9.17) is 10.7 Å². The molecule has 1 aromatic carbocycles. The molecule has 0 saturated heterocycles. The summed E-state index contributed by atoms with van der Waals surface area (Å²) >= 11 is 0. The summed E-state index contributed by atoms with van der Waals surface area (Å²) < 4.78 is 0. The molecule has 0 aliphatic heterocycles. The molecule has 0 spiro atoms. The van der Waals surface area contributed by atoms with Crippen molar-refractivity contribution in [3.63, 3.8) is 0 Å². The van der Waals surface area contributed by atoms with Crippen LogP contribution in [0.1, 0.15) is 43.0 Å². The van der Waals surface area contributed by atoms with E-state index in [1.165, 1.54) is 16.5 Å². The highest BCUT2D eigenvalue weighted by atomic mass is 16.1. The standard InChI is InChI=1S/C16H20N2O/c1-10(2)13-5-4-6-14-11(3)9-12(18-16(13)14)7-8-15(17)19/h4-6,9-10H,7-8H2,1-3H3,(H2,17,19). The molecule has 0 saturated carbocycles. The molecule has 1 aromatic heterocycles. The van der Waals surface area contributed by atoms with Gasteiger partial charge in [0.25, 0.3) is 0 Å². The van der Waals surface area contributed by atoms with E-state index < -0.39 is 0 Å². The third-order valence-electron chi connectivity index (χ3n) is 3.38. The second kappa shape index (κ2) is 5.39. The molecule has 0 aliphatic carbocycles. The molecule has 0 radical (unpaired) electrons. The zero-order valence-electron chi connectivity index (χ0n) is 11.7. The SMILES string of the molecule is Cc1cc(CCC(N)=O)nc2c(C(C)C)cccc12. The summed E-state index contributed by atoms with van der Waals surface area (Å²) in [6, 6.07) is 8.35. The number of aryl methyl sites for hydroxylation is 2. The van der Waals surface area contributed by atoms with Crippen LogP contribution in [0.2, 0.25) is 0 Å². The monoisotopic (exact) mass is 256 g/mol. The molecule has 19 heavy (non-hydrogen) atoms. The number of amides is 1. The van der Waals surface area contributed by atoms with Crippen molar-refractivity contribution in [2.24, 2.45) is 5.73 Å². The van der Waals surface area contributed by atoms with Gasteiger partial charge in [-0.05, 0) is 36.5 Å². The van der Waals surface area contributed by atoms with Crippen molar-refractivity contribution in [1.29, 1.82) is 0 Å². The number of carbonyl (C=O) groups excluding carboxylic acids is 1. The van der Waals surface area contributed by atoms with E-state index in [9.17, 15) is 4.79 Å². The first kappa shape index (κ1) is 13.5. The number of para-hydroxylation sites is 1. The van der Waals surface area contributed by atoms with Crippen LogP contribution in [0, 0.1) is 6.92 Å². The number of benzene rings is 1. The number of pyridine rings is 1. The van der Waals surface area contributed by atoms with Crippen molar-refractivity contribution < 1.29 is 4.79 Å². The van der Waals surface area contributed by atoms with Gasteiger partial charge in [0.15, 0.2) is 0 Å². The van der Waals surface area contributed by atoms with Crippen molar-refractivity contribution in [2.45, 2.75) is 39.5 Å². The Hall–Kier alpha value is -1.90. The van der Waals surface area contributed by atoms with Crippen LogP contribution < -0.4 is 5.73 Å². The molecule has 2 aromatic rings. The third kappa shape index (κ3) is 2.92. The van der Waals surface area contributed by atoms with Crippen molar-refractivity contribution in [3.05, 3.63) is 41.1 Å². The molecule has 0 aliphatic rings. The van der Waals surface area contributed by atoms with Gasteiger partial charge in [0.05, 0.1) is 5.52 Å². The van der Waals surface area contributed by atoms with Crippen LogP contribution in [0.15, 0.2) is 24.3 Å². The summed E-state index contributed by atoms with van der Waals surface area (Å²) in [6.45, 7) is 6.42. The third-order valence-corrected chi connectivity index (χ3v) is 3.38. The number of hydrogen-bond donors (Lipinski definition) is 1. The Morgan fingerprint density at radius 3 is 2.74 bits per heavy atom. The molecule has 2 rings (SSSR count). The quantitative estimate of drug-likeness (QED) is 0.914. The molecule has 3 nitrogen and oxygen atoms in total. The van der Waals surface area contributed by atoms with E-state index in [1.807, 2.05) is 0 Å². The predicted octanol–water partition coefficient (Wildman–Crippen LogP) is 3.08. The summed E-state index contributed by atoms with van der Waals surface area (Å²) in [4.78, 5) is 15.6. The normalized spacial score (nSPS) is 11.2. The van der Waals surface area contributed by atoms with Crippen LogP contribution in [-0.4, -0.2) is 10.9 Å². The van der Waals surface area contributed by atoms with Crippen LogP contribution in [0.25, 0.3) is 10.9 Å². The number of nitrogens with zero attached hydrogens (tertiary/aromatic N) is 1. The van der Waals surface area contributed by atoms with Crippen molar-refractivity contribution in [2.75, 3.05) is 0 Å². The Balaban J connectivity index is 2.53. The number of nitrogens with two attached hydrogens (primary N) is 1. The maximum absolute atomic E-state index is 10.9. The number of hydrogen-bond acceptors (Lipinski definition) is 2. The highest BCUT2D eigenvalue weighted by molar-refractivity contribution is 5.85. The van der Waals surface area contributed by atoms with Gasteiger partial charge in [-0.15, -0.1) is 0 Å². The molecule has 0 fully saturated rings. The molecule has 1 heterocycles. The average Bonchev–Trinajstić information content (AvgIpc) is 2.35. The van der Waals surface area contributed by atoms with Crippen molar-refractivity contribution in [3.8, 4) is 0 Å². The molecular weight excluding hydrogens is 236 g/mol. The number of carbonyl (C=O) groups is 1. The first-order chi connectivity index (χ1) is 8.99. The molecule has 2 N–H and O–H groups in total.